The van der Waals surface area contributed by atoms with E-state index in [1.807, 2.05) is 5.32 Å². The summed E-state index contributed by atoms with van der Waals surface area (Å²) in [6.45, 7) is 0.509. The van der Waals surface area contributed by atoms with Gasteiger partial charge in [-0.05, 0) is 30.2 Å². The van der Waals surface area contributed by atoms with E-state index < -0.39 is 52.0 Å². The number of nitrogens with one attached hydrogen (secondary N) is 4. The van der Waals surface area contributed by atoms with Crippen molar-refractivity contribution < 1.29 is 27.2 Å². The van der Waals surface area contributed by atoms with E-state index in [9.17, 15) is 36.7 Å². The number of amides is 2. The van der Waals surface area contributed by atoms with Gasteiger partial charge in [0.25, 0.3) is 11.5 Å². The third-order valence-corrected chi connectivity index (χ3v) is 5.27. The topological polar surface area (TPSA) is 129 Å². The minimum Gasteiger partial charge on any atom is -0.361 e. The van der Waals surface area contributed by atoms with E-state index >= 15 is 0 Å². The molecule has 0 saturated heterocycles. The standard InChI is InChI=1S/C19H15F4N5O4/c1-8(29)27-18(19(21,22)23)13-14(25-16(18)31)28(17(32)26-15(13)30)5-4-9-7-24-12-3-2-10(20)6-11(9)12/h2-3,6-7,24H,4-5H2,1H3,(H,25,31)(H,27,29)(H,26,30,32). The predicted molar refractivity (Wildman–Crippen MR) is 103 cm³/mol. The maximum atomic E-state index is 14.0. The number of aryl methyl sites for hydroxylation is 1. The number of aromatic amines is 2. The van der Waals surface area contributed by atoms with Gasteiger partial charge in [0, 0.05) is 30.6 Å². The van der Waals surface area contributed by atoms with Gasteiger partial charge in [0.2, 0.25) is 11.4 Å². The van der Waals surface area contributed by atoms with Crippen molar-refractivity contribution >= 4 is 28.5 Å². The molecule has 9 nitrogen and oxygen atoms in total. The minimum atomic E-state index is -5.38. The average Bonchev–Trinajstić information content (AvgIpc) is 3.20. The molecular weight excluding hydrogens is 438 g/mol. The number of alkyl halides is 3. The number of rotatable bonds is 4. The van der Waals surface area contributed by atoms with E-state index in [1.54, 1.807) is 11.2 Å². The third-order valence-electron chi connectivity index (χ3n) is 5.27. The number of anilines is 1. The molecule has 3 heterocycles. The number of hydrogen-bond donors (Lipinski definition) is 4. The fourth-order valence-corrected chi connectivity index (χ4v) is 3.89. The fraction of sp³-hybridized carbons (Fsp3) is 0.263. The van der Waals surface area contributed by atoms with Crippen molar-refractivity contribution in [3.8, 4) is 0 Å². The molecule has 13 heteroatoms. The van der Waals surface area contributed by atoms with E-state index in [1.165, 1.54) is 23.5 Å². The Labute approximate surface area is 175 Å². The zero-order chi connectivity index (χ0) is 23.4. The summed E-state index contributed by atoms with van der Waals surface area (Å²) in [7, 11) is 0. The summed E-state index contributed by atoms with van der Waals surface area (Å²) in [4.78, 5) is 53.4. The number of carbonyl (C=O) groups excluding carboxylic acids is 2. The van der Waals surface area contributed by atoms with Gasteiger partial charge in [-0.1, -0.05) is 0 Å². The lowest BCUT2D eigenvalue weighted by molar-refractivity contribution is -0.200. The maximum Gasteiger partial charge on any atom is 0.425 e. The molecule has 2 amide bonds. The summed E-state index contributed by atoms with van der Waals surface area (Å²) < 4.78 is 56.3. The Kier molecular flexibility index (Phi) is 4.71. The van der Waals surface area contributed by atoms with Crippen LogP contribution in [-0.2, 0) is 28.1 Å². The van der Waals surface area contributed by atoms with Gasteiger partial charge in [-0.3, -0.25) is 23.9 Å². The molecule has 4 N–H and O–H groups in total. The molecule has 2 aromatic heterocycles. The van der Waals surface area contributed by atoms with Crippen molar-refractivity contribution in [3.63, 3.8) is 0 Å². The lowest BCUT2D eigenvalue weighted by atomic mass is 9.92. The number of nitrogens with zero attached hydrogens (tertiary/aromatic N) is 1. The largest absolute Gasteiger partial charge is 0.425 e. The van der Waals surface area contributed by atoms with Gasteiger partial charge in [-0.2, -0.15) is 13.2 Å². The van der Waals surface area contributed by atoms with Gasteiger partial charge in [0.15, 0.2) is 0 Å². The SMILES string of the molecule is CC(=O)NC1(C(F)(F)F)C(=O)Nc2c1c(=O)[nH]c(=O)n2CCc1c[nH]c2ccc(F)cc12. The number of aromatic nitrogens is 3. The molecular formula is C19H15F4N5O4. The second-order valence-electron chi connectivity index (χ2n) is 7.27. The van der Waals surface area contributed by atoms with Crippen LogP contribution in [0, 0.1) is 5.82 Å². The molecule has 1 atom stereocenters. The van der Waals surface area contributed by atoms with Crippen molar-refractivity contribution in [2.45, 2.75) is 31.6 Å². The molecule has 4 rings (SSSR count). The molecule has 1 aromatic carbocycles. The third kappa shape index (κ3) is 3.08. The number of H-pyrrole nitrogens is 2. The summed E-state index contributed by atoms with van der Waals surface area (Å²) in [6, 6.07) is 4.01. The van der Waals surface area contributed by atoms with E-state index in [-0.39, 0.29) is 13.0 Å². The van der Waals surface area contributed by atoms with Crippen LogP contribution in [0.2, 0.25) is 0 Å². The molecule has 168 valence electrons. The summed E-state index contributed by atoms with van der Waals surface area (Å²) in [5.41, 5.74) is -6.13. The minimum absolute atomic E-state index is 0.0524. The van der Waals surface area contributed by atoms with Gasteiger partial charge >= 0.3 is 11.9 Å². The molecule has 1 unspecified atom stereocenters. The van der Waals surface area contributed by atoms with Crippen molar-refractivity contribution in [1.29, 1.82) is 0 Å². The van der Waals surface area contributed by atoms with Crippen LogP contribution in [-0.4, -0.2) is 32.5 Å². The first-order valence-corrected chi connectivity index (χ1v) is 9.25. The second-order valence-corrected chi connectivity index (χ2v) is 7.27. The van der Waals surface area contributed by atoms with Crippen molar-refractivity contribution in [2.75, 3.05) is 5.32 Å². The lowest BCUT2D eigenvalue weighted by Gasteiger charge is -2.29. The Bertz CT molecular complexity index is 1390. The molecule has 1 aliphatic rings. The lowest BCUT2D eigenvalue weighted by Crippen LogP contribution is -2.61. The molecule has 1 aliphatic heterocycles. The summed E-state index contributed by atoms with van der Waals surface area (Å²) >= 11 is 0. The average molecular weight is 453 g/mol. The summed E-state index contributed by atoms with van der Waals surface area (Å²) in [5.74, 6) is -4.09. The van der Waals surface area contributed by atoms with Gasteiger partial charge in [0.05, 0.1) is 0 Å². The first kappa shape index (κ1) is 21.3. The van der Waals surface area contributed by atoms with Gasteiger partial charge in [-0.15, -0.1) is 0 Å². The molecule has 0 saturated carbocycles. The van der Waals surface area contributed by atoms with Crippen molar-refractivity contribution in [1.82, 2.24) is 19.9 Å². The monoisotopic (exact) mass is 453 g/mol. The van der Waals surface area contributed by atoms with Gasteiger partial charge < -0.3 is 15.6 Å². The highest BCUT2D eigenvalue weighted by Gasteiger charge is 2.68. The Balaban J connectivity index is 1.83. The molecule has 3 aromatic rings. The summed E-state index contributed by atoms with van der Waals surface area (Å²) in [6.07, 6.45) is -3.77. The highest BCUT2D eigenvalue weighted by atomic mass is 19.4. The zero-order valence-electron chi connectivity index (χ0n) is 16.3. The van der Waals surface area contributed by atoms with Crippen LogP contribution in [0.15, 0.2) is 34.0 Å². The van der Waals surface area contributed by atoms with Gasteiger partial charge in [0.1, 0.15) is 17.2 Å². The van der Waals surface area contributed by atoms with E-state index in [0.29, 0.717) is 16.5 Å². The van der Waals surface area contributed by atoms with E-state index in [4.69, 9.17) is 0 Å². The van der Waals surface area contributed by atoms with Gasteiger partial charge in [-0.25, -0.2) is 9.18 Å². The van der Waals surface area contributed by atoms with Crippen LogP contribution in [0.3, 0.4) is 0 Å². The Morgan fingerprint density at radius 3 is 2.59 bits per heavy atom. The van der Waals surface area contributed by atoms with Crippen LogP contribution < -0.4 is 21.9 Å². The number of benzene rings is 1. The smallest absolute Gasteiger partial charge is 0.361 e. The fourth-order valence-electron chi connectivity index (χ4n) is 3.89. The van der Waals surface area contributed by atoms with Crippen LogP contribution in [0.4, 0.5) is 23.4 Å². The highest BCUT2D eigenvalue weighted by Crippen LogP contribution is 2.44. The Morgan fingerprint density at radius 2 is 1.94 bits per heavy atom. The number of halogens is 4. The molecule has 0 fully saturated rings. The molecule has 0 radical (unpaired) electrons. The van der Waals surface area contributed by atoms with E-state index in [2.05, 4.69) is 4.98 Å². The van der Waals surface area contributed by atoms with Crippen LogP contribution in [0.25, 0.3) is 10.9 Å². The first-order chi connectivity index (χ1) is 15.0. The quantitative estimate of drug-likeness (QED) is 0.443. The number of hydrogen-bond acceptors (Lipinski definition) is 4. The van der Waals surface area contributed by atoms with Crippen LogP contribution in [0.1, 0.15) is 18.1 Å². The first-order valence-electron chi connectivity index (χ1n) is 9.25. The summed E-state index contributed by atoms with van der Waals surface area (Å²) in [5, 5.41) is 3.96. The van der Waals surface area contributed by atoms with E-state index in [0.717, 1.165) is 11.5 Å². The molecule has 0 spiro atoms. The molecule has 0 bridgehead atoms. The highest BCUT2D eigenvalue weighted by molar-refractivity contribution is 6.07. The number of fused-ring (bicyclic) bond motifs is 2. The number of carbonyl (C=O) groups is 2. The molecule has 0 aliphatic carbocycles. The normalized spacial score (nSPS) is 18.0. The van der Waals surface area contributed by atoms with Crippen LogP contribution in [0.5, 0.6) is 0 Å². The maximum absolute atomic E-state index is 14.0. The van der Waals surface area contributed by atoms with Crippen molar-refractivity contribution in [3.05, 3.63) is 62.2 Å². The van der Waals surface area contributed by atoms with Crippen molar-refractivity contribution in [2.24, 2.45) is 0 Å². The zero-order valence-corrected chi connectivity index (χ0v) is 16.3. The molecule has 32 heavy (non-hydrogen) atoms. The Morgan fingerprint density at radius 1 is 1.22 bits per heavy atom. The predicted octanol–water partition coefficient (Wildman–Crippen LogP) is 1.25. The Hall–Kier alpha value is -3.90. The second kappa shape index (κ2) is 7.07. The van der Waals surface area contributed by atoms with Crippen LogP contribution >= 0.6 is 0 Å².